The van der Waals surface area contributed by atoms with Crippen LogP contribution in [0.15, 0.2) is 40.0 Å². The van der Waals surface area contributed by atoms with Crippen LogP contribution in [0.5, 0.6) is 0 Å². The number of Topliss-reactive ketones (excluding diaryl/α,β-unsaturated/α-hetero) is 1. The number of ketones is 1. The first-order valence-corrected chi connectivity index (χ1v) is 12.6. The van der Waals surface area contributed by atoms with Crippen LogP contribution >= 0.6 is 11.3 Å². The molecule has 3 heterocycles. The normalized spacial score (nSPS) is 16.0. The van der Waals surface area contributed by atoms with Crippen LogP contribution in [0.4, 0.5) is 11.4 Å². The van der Waals surface area contributed by atoms with E-state index >= 15 is 0 Å². The third-order valence-electron chi connectivity index (χ3n) is 6.19. The molecule has 5 rings (SSSR count). The van der Waals surface area contributed by atoms with Crippen molar-refractivity contribution in [2.24, 2.45) is 4.99 Å². The van der Waals surface area contributed by atoms with Gasteiger partial charge in [0.05, 0.1) is 17.9 Å². The maximum absolute atomic E-state index is 12.9. The van der Waals surface area contributed by atoms with E-state index in [9.17, 15) is 14.4 Å². The fourth-order valence-electron chi connectivity index (χ4n) is 4.58. The molecule has 0 bridgehead atoms. The van der Waals surface area contributed by atoms with Crippen molar-refractivity contribution in [3.05, 3.63) is 68.7 Å². The molecule has 1 aliphatic heterocycles. The number of nitrogens with one attached hydrogen (secondary N) is 2. The summed E-state index contributed by atoms with van der Waals surface area (Å²) < 4.78 is 5.08. The van der Waals surface area contributed by atoms with E-state index in [1.54, 1.807) is 30.6 Å². The van der Waals surface area contributed by atoms with Crippen molar-refractivity contribution >= 4 is 58.2 Å². The second-order valence-corrected chi connectivity index (χ2v) is 9.29. The molecule has 8 heteroatoms. The minimum atomic E-state index is -0.304. The Morgan fingerprint density at radius 1 is 1.23 bits per heavy atom. The number of rotatable bonds is 7. The predicted octanol–water partition coefficient (Wildman–Crippen LogP) is 5.33. The summed E-state index contributed by atoms with van der Waals surface area (Å²) in [5, 5.41) is 6.92. The number of nitrogens with zero attached hydrogens (tertiary/aromatic N) is 1. The highest BCUT2D eigenvalue weighted by atomic mass is 32.1. The molecule has 2 aliphatic rings. The number of esters is 1. The minimum Gasteiger partial charge on any atom is -0.466 e. The van der Waals surface area contributed by atoms with Gasteiger partial charge in [-0.15, -0.1) is 0 Å². The van der Waals surface area contributed by atoms with Crippen molar-refractivity contribution < 1.29 is 19.1 Å². The molecule has 0 unspecified atom stereocenters. The summed E-state index contributed by atoms with van der Waals surface area (Å²) in [6, 6.07) is 7.58. The summed E-state index contributed by atoms with van der Waals surface area (Å²) in [5.41, 5.74) is 6.74. The number of aliphatic imine (C=N–C) groups is 1. The van der Waals surface area contributed by atoms with Gasteiger partial charge in [-0.1, -0.05) is 0 Å². The Morgan fingerprint density at radius 2 is 2.11 bits per heavy atom. The number of benzene rings is 1. The highest BCUT2D eigenvalue weighted by molar-refractivity contribution is 7.08. The molecule has 1 aromatic carbocycles. The maximum atomic E-state index is 12.9. The molecule has 1 aliphatic carbocycles. The van der Waals surface area contributed by atoms with Gasteiger partial charge in [-0.2, -0.15) is 11.3 Å². The highest BCUT2D eigenvalue weighted by Crippen LogP contribution is 2.37. The average Bonchev–Trinajstić information content (AvgIpc) is 3.55. The van der Waals surface area contributed by atoms with Crippen molar-refractivity contribution in [2.75, 3.05) is 11.9 Å². The van der Waals surface area contributed by atoms with E-state index in [4.69, 9.17) is 4.74 Å². The number of aryl methyl sites for hydroxylation is 1. The number of carbonyl (C=O) groups excluding carboxylic acids is 3. The number of hydrogen-bond donors (Lipinski definition) is 2. The molecule has 0 saturated carbocycles. The van der Waals surface area contributed by atoms with Crippen molar-refractivity contribution in [2.45, 2.75) is 39.0 Å². The number of fused-ring (bicyclic) bond motifs is 2. The summed E-state index contributed by atoms with van der Waals surface area (Å²) in [4.78, 5) is 45.6. The van der Waals surface area contributed by atoms with Crippen LogP contribution in [0, 0.1) is 0 Å². The molecule has 0 spiro atoms. The van der Waals surface area contributed by atoms with Gasteiger partial charge in [-0.25, -0.2) is 0 Å². The van der Waals surface area contributed by atoms with E-state index in [2.05, 4.69) is 15.3 Å². The molecule has 0 fully saturated rings. The zero-order valence-electron chi connectivity index (χ0n) is 19.3. The van der Waals surface area contributed by atoms with E-state index in [0.29, 0.717) is 36.3 Å². The van der Waals surface area contributed by atoms with Crippen LogP contribution in [-0.2, 0) is 27.2 Å². The van der Waals surface area contributed by atoms with E-state index in [1.807, 2.05) is 35.0 Å². The number of aromatic amines is 1. The standard InChI is InChI=1S/C27H25N3O4S/c1-2-34-25(32)9-7-18-23(29-22-4-3-5-24(31)26(18)22)13-20-19-12-17(6-8-21(19)30-27(20)33)28-14-16-10-11-35-15-16/h6,8,10-15,29H,2-5,7,9H2,1H3,(H,30,33)/b20-13?,28-14-. The average molecular weight is 488 g/mol. The van der Waals surface area contributed by atoms with Gasteiger partial charge in [-0.05, 0) is 72.9 Å². The Morgan fingerprint density at radius 3 is 2.91 bits per heavy atom. The first-order chi connectivity index (χ1) is 17.0. The number of amides is 1. The Balaban J connectivity index is 1.52. The number of carbonyl (C=O) groups is 3. The number of H-pyrrole nitrogens is 1. The minimum absolute atomic E-state index is 0.0762. The van der Waals surface area contributed by atoms with Crippen molar-refractivity contribution in [1.82, 2.24) is 4.98 Å². The molecule has 0 saturated heterocycles. The largest absolute Gasteiger partial charge is 0.466 e. The Kier molecular flexibility index (Phi) is 6.46. The molecule has 178 valence electrons. The first kappa shape index (κ1) is 23.0. The zero-order valence-corrected chi connectivity index (χ0v) is 20.2. The van der Waals surface area contributed by atoms with Gasteiger partial charge < -0.3 is 15.0 Å². The molecule has 2 N–H and O–H groups in total. The molecular formula is C27H25N3O4S. The van der Waals surface area contributed by atoms with Crippen LogP contribution in [-0.4, -0.2) is 35.5 Å². The van der Waals surface area contributed by atoms with Crippen molar-refractivity contribution in [3.8, 4) is 0 Å². The molecular weight excluding hydrogens is 462 g/mol. The predicted molar refractivity (Wildman–Crippen MR) is 138 cm³/mol. The summed E-state index contributed by atoms with van der Waals surface area (Å²) in [7, 11) is 0. The van der Waals surface area contributed by atoms with Crippen LogP contribution < -0.4 is 5.32 Å². The second-order valence-electron chi connectivity index (χ2n) is 8.51. The number of hydrogen-bond acceptors (Lipinski definition) is 6. The molecule has 3 aromatic rings. The van der Waals surface area contributed by atoms with E-state index in [0.717, 1.165) is 46.6 Å². The molecule has 1 amide bonds. The Labute approximate surface area is 206 Å². The molecule has 0 atom stereocenters. The van der Waals surface area contributed by atoms with Gasteiger partial charge in [0.1, 0.15) is 0 Å². The van der Waals surface area contributed by atoms with Crippen LogP contribution in [0.3, 0.4) is 0 Å². The van der Waals surface area contributed by atoms with Gasteiger partial charge in [-0.3, -0.25) is 19.4 Å². The smallest absolute Gasteiger partial charge is 0.306 e. The van der Waals surface area contributed by atoms with E-state index in [1.165, 1.54) is 0 Å². The van der Waals surface area contributed by atoms with Crippen molar-refractivity contribution in [3.63, 3.8) is 0 Å². The van der Waals surface area contributed by atoms with Gasteiger partial charge in [0.15, 0.2) is 5.78 Å². The quantitative estimate of drug-likeness (QED) is 0.267. The topological polar surface area (TPSA) is 101 Å². The summed E-state index contributed by atoms with van der Waals surface area (Å²) >= 11 is 1.61. The van der Waals surface area contributed by atoms with Gasteiger partial charge in [0.25, 0.3) is 5.91 Å². The van der Waals surface area contributed by atoms with Gasteiger partial charge in [0, 0.05) is 52.8 Å². The molecule has 0 radical (unpaired) electrons. The maximum Gasteiger partial charge on any atom is 0.306 e. The molecule has 35 heavy (non-hydrogen) atoms. The number of anilines is 1. The zero-order chi connectivity index (χ0) is 24.4. The molecule has 7 nitrogen and oxygen atoms in total. The fourth-order valence-corrected chi connectivity index (χ4v) is 5.19. The lowest BCUT2D eigenvalue weighted by atomic mass is 9.91. The monoisotopic (exact) mass is 487 g/mol. The first-order valence-electron chi connectivity index (χ1n) is 11.7. The lowest BCUT2D eigenvalue weighted by molar-refractivity contribution is -0.143. The SMILES string of the molecule is CCOC(=O)CCc1c(C=C2C(=O)Nc3ccc(/N=C\c4ccsc4)cc32)[nH]c2c1C(=O)CCC2. The number of ether oxygens (including phenoxy) is 1. The van der Waals surface area contributed by atoms with Gasteiger partial charge in [0.2, 0.25) is 0 Å². The third kappa shape index (κ3) is 4.74. The van der Waals surface area contributed by atoms with Gasteiger partial charge >= 0.3 is 5.97 Å². The summed E-state index contributed by atoms with van der Waals surface area (Å²) in [6.07, 6.45) is 6.17. The van der Waals surface area contributed by atoms with E-state index in [-0.39, 0.29) is 24.1 Å². The van der Waals surface area contributed by atoms with Crippen LogP contribution in [0.1, 0.15) is 64.6 Å². The lowest BCUT2D eigenvalue weighted by Crippen LogP contribution is -2.12. The summed E-state index contributed by atoms with van der Waals surface area (Å²) in [6.45, 7) is 2.08. The lowest BCUT2D eigenvalue weighted by Gasteiger charge is -2.11. The Bertz CT molecular complexity index is 1370. The third-order valence-corrected chi connectivity index (χ3v) is 6.89. The Hall–Kier alpha value is -3.78. The van der Waals surface area contributed by atoms with Crippen LogP contribution in [0.25, 0.3) is 11.6 Å². The second kappa shape index (κ2) is 9.84. The van der Waals surface area contributed by atoms with E-state index < -0.39 is 0 Å². The number of aromatic nitrogens is 1. The highest BCUT2D eigenvalue weighted by Gasteiger charge is 2.29. The number of thiophene rings is 1. The van der Waals surface area contributed by atoms with Crippen molar-refractivity contribution in [1.29, 1.82) is 0 Å². The van der Waals surface area contributed by atoms with Crippen LogP contribution in [0.2, 0.25) is 0 Å². The summed E-state index contributed by atoms with van der Waals surface area (Å²) in [5.74, 6) is -0.442. The molecule has 2 aromatic heterocycles. The fraction of sp³-hybridized carbons (Fsp3) is 0.259.